The van der Waals surface area contributed by atoms with E-state index in [1.807, 2.05) is 0 Å². The number of Topliss-reactive ketones (excluding diaryl/α,β-unsaturated/α-hetero) is 1. The van der Waals surface area contributed by atoms with E-state index in [1.165, 1.54) is 38.5 Å². The minimum absolute atomic E-state index is 0.0917. The van der Waals surface area contributed by atoms with E-state index in [4.69, 9.17) is 10.8 Å². The highest BCUT2D eigenvalue weighted by molar-refractivity contribution is 5.98. The van der Waals surface area contributed by atoms with E-state index in [-0.39, 0.29) is 12.3 Å². The molecule has 0 aliphatic carbocycles. The molecule has 0 rings (SSSR count). The molecule has 0 aromatic heterocycles. The van der Waals surface area contributed by atoms with Crippen LogP contribution in [-0.4, -0.2) is 23.4 Å². The van der Waals surface area contributed by atoms with Crippen LogP contribution in [0.2, 0.25) is 0 Å². The van der Waals surface area contributed by atoms with Crippen LogP contribution >= 0.6 is 0 Å². The Bertz CT molecular complexity index is 254. The van der Waals surface area contributed by atoms with E-state index in [0.29, 0.717) is 6.42 Å². The van der Waals surface area contributed by atoms with Crippen molar-refractivity contribution >= 4 is 11.8 Å². The number of hydrogen-bond acceptors (Lipinski definition) is 3. The lowest BCUT2D eigenvalue weighted by atomic mass is 9.98. The molecule has 0 saturated carbocycles. The maximum atomic E-state index is 11.6. The van der Waals surface area contributed by atoms with Gasteiger partial charge < -0.3 is 10.8 Å². The van der Waals surface area contributed by atoms with Gasteiger partial charge in [0.25, 0.3) is 0 Å². The van der Waals surface area contributed by atoms with Crippen LogP contribution in [-0.2, 0) is 9.59 Å². The topological polar surface area (TPSA) is 80.4 Å². The van der Waals surface area contributed by atoms with Gasteiger partial charge >= 0.3 is 5.97 Å². The second-order valence-electron chi connectivity index (χ2n) is 5.17. The van der Waals surface area contributed by atoms with Crippen LogP contribution < -0.4 is 5.73 Å². The molecule has 0 aromatic rings. The summed E-state index contributed by atoms with van der Waals surface area (Å²) in [7, 11) is 0. The fourth-order valence-corrected chi connectivity index (χ4v) is 2.15. The molecule has 0 aliphatic rings. The Morgan fingerprint density at radius 2 is 1.42 bits per heavy atom. The van der Waals surface area contributed by atoms with Crippen molar-refractivity contribution in [3.63, 3.8) is 0 Å². The van der Waals surface area contributed by atoms with Gasteiger partial charge in [0.1, 0.15) is 11.7 Å². The normalized spacial score (nSPS) is 12.3. The molecule has 0 fully saturated rings. The van der Waals surface area contributed by atoms with E-state index >= 15 is 0 Å². The van der Waals surface area contributed by atoms with Crippen molar-refractivity contribution in [1.82, 2.24) is 0 Å². The summed E-state index contributed by atoms with van der Waals surface area (Å²) in [5.41, 5.74) is 5.28. The summed E-state index contributed by atoms with van der Waals surface area (Å²) in [6.45, 7) is 2.12. The van der Waals surface area contributed by atoms with E-state index in [1.54, 1.807) is 0 Å². The van der Waals surface area contributed by atoms with Gasteiger partial charge in [-0.15, -0.1) is 0 Å². The Morgan fingerprint density at radius 1 is 0.947 bits per heavy atom. The number of rotatable bonds is 13. The van der Waals surface area contributed by atoms with Gasteiger partial charge in [0.05, 0.1) is 0 Å². The summed E-state index contributed by atoms with van der Waals surface area (Å²) in [6, 6.07) is 0. The predicted octanol–water partition coefficient (Wildman–Crippen LogP) is 3.14. The van der Waals surface area contributed by atoms with Gasteiger partial charge in [-0.05, 0) is 6.42 Å². The Labute approximate surface area is 116 Å². The first-order chi connectivity index (χ1) is 9.13. The summed E-state index contributed by atoms with van der Waals surface area (Å²) in [5.74, 6) is -2.32. The number of ketones is 1. The highest BCUT2D eigenvalue weighted by Crippen LogP contribution is 2.12. The molecule has 112 valence electrons. The molecule has 0 aromatic carbocycles. The van der Waals surface area contributed by atoms with Crippen LogP contribution in [0.1, 0.15) is 71.1 Å². The third-order valence-corrected chi connectivity index (χ3v) is 3.45. The van der Waals surface area contributed by atoms with Crippen LogP contribution in [0.3, 0.4) is 0 Å². The molecule has 4 nitrogen and oxygen atoms in total. The van der Waals surface area contributed by atoms with Gasteiger partial charge in [-0.2, -0.15) is 0 Å². The Balaban J connectivity index is 3.43. The summed E-state index contributed by atoms with van der Waals surface area (Å²) >= 11 is 0. The van der Waals surface area contributed by atoms with Crippen molar-refractivity contribution in [3.8, 4) is 0 Å². The lowest BCUT2D eigenvalue weighted by Gasteiger charge is -2.08. The fourth-order valence-electron chi connectivity index (χ4n) is 2.15. The second-order valence-corrected chi connectivity index (χ2v) is 5.17. The van der Waals surface area contributed by atoms with Crippen LogP contribution in [0.5, 0.6) is 0 Å². The Morgan fingerprint density at radius 3 is 1.84 bits per heavy atom. The molecule has 0 aliphatic heterocycles. The van der Waals surface area contributed by atoms with Crippen molar-refractivity contribution in [2.75, 3.05) is 6.54 Å². The average Bonchev–Trinajstić information content (AvgIpc) is 2.37. The van der Waals surface area contributed by atoms with Gasteiger partial charge in [-0.1, -0.05) is 58.3 Å². The van der Waals surface area contributed by atoms with Gasteiger partial charge in [0, 0.05) is 13.0 Å². The SMILES string of the molecule is CCCCCCCCCCCC(=O)C(CN)C(=O)O. The van der Waals surface area contributed by atoms with Crippen molar-refractivity contribution in [2.24, 2.45) is 11.7 Å². The predicted molar refractivity (Wildman–Crippen MR) is 77.0 cm³/mol. The number of carboxylic acids is 1. The van der Waals surface area contributed by atoms with Crippen LogP contribution in [0, 0.1) is 5.92 Å². The zero-order valence-corrected chi connectivity index (χ0v) is 12.2. The monoisotopic (exact) mass is 271 g/mol. The largest absolute Gasteiger partial charge is 0.481 e. The van der Waals surface area contributed by atoms with Crippen molar-refractivity contribution < 1.29 is 14.7 Å². The number of carbonyl (C=O) groups is 2. The summed E-state index contributed by atoms with van der Waals surface area (Å²) in [6.07, 6.45) is 11.0. The second kappa shape index (κ2) is 12.2. The van der Waals surface area contributed by atoms with Crippen LogP contribution in [0.4, 0.5) is 0 Å². The smallest absolute Gasteiger partial charge is 0.315 e. The van der Waals surface area contributed by atoms with Gasteiger partial charge in [-0.3, -0.25) is 9.59 Å². The van der Waals surface area contributed by atoms with E-state index in [9.17, 15) is 9.59 Å². The molecular formula is C15H29NO3. The van der Waals surface area contributed by atoms with Gasteiger partial charge in [-0.25, -0.2) is 0 Å². The lowest BCUT2D eigenvalue weighted by Crippen LogP contribution is -2.30. The standard InChI is InChI=1S/C15H29NO3/c1-2-3-4-5-6-7-8-9-10-11-14(17)13(12-16)15(18)19/h13H,2-12,16H2,1H3,(H,18,19). The first-order valence-electron chi connectivity index (χ1n) is 7.59. The molecule has 19 heavy (non-hydrogen) atoms. The Kier molecular flexibility index (Phi) is 11.6. The zero-order chi connectivity index (χ0) is 14.5. The van der Waals surface area contributed by atoms with Crippen molar-refractivity contribution in [2.45, 2.75) is 71.1 Å². The van der Waals surface area contributed by atoms with Crippen molar-refractivity contribution in [3.05, 3.63) is 0 Å². The first kappa shape index (κ1) is 18.1. The maximum absolute atomic E-state index is 11.6. The molecule has 4 heteroatoms. The van der Waals surface area contributed by atoms with Crippen LogP contribution in [0.25, 0.3) is 0 Å². The molecular weight excluding hydrogens is 242 g/mol. The number of aliphatic carboxylic acids is 1. The molecule has 0 amide bonds. The third kappa shape index (κ3) is 9.65. The molecule has 3 N–H and O–H groups in total. The number of carbonyl (C=O) groups excluding carboxylic acids is 1. The quantitative estimate of drug-likeness (QED) is 0.398. The molecule has 1 unspecified atom stereocenters. The van der Waals surface area contributed by atoms with E-state index in [0.717, 1.165) is 19.3 Å². The molecule has 0 heterocycles. The molecule has 0 saturated heterocycles. The number of unbranched alkanes of at least 4 members (excludes halogenated alkanes) is 8. The maximum Gasteiger partial charge on any atom is 0.315 e. The minimum Gasteiger partial charge on any atom is -0.481 e. The molecule has 1 atom stereocenters. The highest BCUT2D eigenvalue weighted by atomic mass is 16.4. The van der Waals surface area contributed by atoms with E-state index in [2.05, 4.69) is 6.92 Å². The van der Waals surface area contributed by atoms with Gasteiger partial charge in [0.2, 0.25) is 0 Å². The minimum atomic E-state index is -1.09. The number of nitrogens with two attached hydrogens (primary N) is 1. The molecule has 0 radical (unpaired) electrons. The number of carboxylic acid groups (broad SMARTS) is 1. The molecule has 0 bridgehead atoms. The fraction of sp³-hybridized carbons (Fsp3) is 0.867. The van der Waals surface area contributed by atoms with E-state index < -0.39 is 11.9 Å². The average molecular weight is 271 g/mol. The Hall–Kier alpha value is -0.900. The molecule has 0 spiro atoms. The first-order valence-corrected chi connectivity index (χ1v) is 7.59. The van der Waals surface area contributed by atoms with Crippen molar-refractivity contribution in [1.29, 1.82) is 0 Å². The number of hydrogen-bond donors (Lipinski definition) is 2. The summed E-state index contributed by atoms with van der Waals surface area (Å²) in [4.78, 5) is 22.3. The summed E-state index contributed by atoms with van der Waals surface area (Å²) in [5, 5.41) is 8.79. The highest BCUT2D eigenvalue weighted by Gasteiger charge is 2.23. The van der Waals surface area contributed by atoms with Gasteiger partial charge in [0.15, 0.2) is 0 Å². The van der Waals surface area contributed by atoms with Crippen LogP contribution in [0.15, 0.2) is 0 Å². The third-order valence-electron chi connectivity index (χ3n) is 3.45. The lowest BCUT2D eigenvalue weighted by molar-refractivity contribution is -0.145. The summed E-state index contributed by atoms with van der Waals surface area (Å²) < 4.78 is 0. The zero-order valence-electron chi connectivity index (χ0n) is 12.2.